The highest BCUT2D eigenvalue weighted by Crippen LogP contribution is 2.29. The van der Waals surface area contributed by atoms with Gasteiger partial charge >= 0.3 is 0 Å². The maximum absolute atomic E-state index is 12.3. The molecule has 3 rings (SSSR count). The number of amides is 1. The monoisotopic (exact) mass is 284 g/mol. The standard InChI is InChI=1S/C14H20N2O2.ClH/c1-9-3-6-13(18-9)14(17)16(2)12-7-10-4-5-11(8-12)15-10;/h3,6,10-12,15H,4-5,7-8H2,1-2H3;1H. The van der Waals surface area contributed by atoms with E-state index in [0.29, 0.717) is 23.9 Å². The van der Waals surface area contributed by atoms with Gasteiger partial charge in [0.2, 0.25) is 0 Å². The van der Waals surface area contributed by atoms with Crippen LogP contribution < -0.4 is 5.32 Å². The summed E-state index contributed by atoms with van der Waals surface area (Å²) in [6.07, 6.45) is 4.64. The predicted octanol–water partition coefficient (Wildman–Crippen LogP) is 2.36. The summed E-state index contributed by atoms with van der Waals surface area (Å²) in [5.41, 5.74) is 0. The smallest absolute Gasteiger partial charge is 0.289 e. The Kier molecular flexibility index (Phi) is 4.21. The summed E-state index contributed by atoms with van der Waals surface area (Å²) in [6.45, 7) is 1.86. The van der Waals surface area contributed by atoms with Gasteiger partial charge in [-0.3, -0.25) is 4.79 Å². The maximum atomic E-state index is 12.3. The second kappa shape index (κ2) is 5.55. The molecule has 3 heterocycles. The molecule has 0 aliphatic carbocycles. The van der Waals surface area contributed by atoms with Gasteiger partial charge in [0, 0.05) is 25.2 Å². The molecule has 2 fully saturated rings. The summed E-state index contributed by atoms with van der Waals surface area (Å²) < 4.78 is 5.42. The van der Waals surface area contributed by atoms with E-state index in [0.717, 1.165) is 18.6 Å². The first kappa shape index (κ1) is 14.4. The number of hydrogen-bond acceptors (Lipinski definition) is 3. The molecule has 2 bridgehead atoms. The summed E-state index contributed by atoms with van der Waals surface area (Å²) >= 11 is 0. The van der Waals surface area contributed by atoms with Crippen LogP contribution in [0.1, 0.15) is 42.0 Å². The molecule has 2 saturated heterocycles. The molecule has 2 aliphatic heterocycles. The lowest BCUT2D eigenvalue weighted by atomic mass is 9.98. The third-order valence-electron chi connectivity index (χ3n) is 4.27. The minimum Gasteiger partial charge on any atom is -0.456 e. The highest BCUT2D eigenvalue weighted by atomic mass is 35.5. The van der Waals surface area contributed by atoms with E-state index in [1.54, 1.807) is 6.07 Å². The number of rotatable bonds is 2. The summed E-state index contributed by atoms with van der Waals surface area (Å²) in [5, 5.41) is 3.60. The number of nitrogens with one attached hydrogen (secondary N) is 1. The Hall–Kier alpha value is -1.00. The van der Waals surface area contributed by atoms with Gasteiger partial charge in [-0.1, -0.05) is 0 Å². The Bertz CT molecular complexity index is 448. The van der Waals surface area contributed by atoms with Crippen LogP contribution in [0.2, 0.25) is 0 Å². The normalized spacial score (nSPS) is 28.8. The molecular formula is C14H21ClN2O2. The molecule has 2 atom stereocenters. The minimum atomic E-state index is 0. The molecule has 1 aromatic rings. The largest absolute Gasteiger partial charge is 0.456 e. The van der Waals surface area contributed by atoms with Gasteiger partial charge in [-0.15, -0.1) is 12.4 Å². The number of piperidine rings is 1. The van der Waals surface area contributed by atoms with Crippen molar-refractivity contribution in [2.24, 2.45) is 0 Å². The Morgan fingerprint density at radius 3 is 2.47 bits per heavy atom. The molecule has 1 amide bonds. The third-order valence-corrected chi connectivity index (χ3v) is 4.27. The van der Waals surface area contributed by atoms with Crippen molar-refractivity contribution in [2.45, 2.75) is 50.7 Å². The van der Waals surface area contributed by atoms with E-state index in [1.807, 2.05) is 24.9 Å². The zero-order chi connectivity index (χ0) is 12.7. The lowest BCUT2D eigenvalue weighted by Crippen LogP contribution is -2.48. The highest BCUT2D eigenvalue weighted by molar-refractivity contribution is 5.91. The molecule has 0 saturated carbocycles. The lowest BCUT2D eigenvalue weighted by molar-refractivity contribution is 0.0648. The molecule has 0 aromatic carbocycles. The minimum absolute atomic E-state index is 0. The van der Waals surface area contributed by atoms with Gasteiger partial charge in [0.1, 0.15) is 5.76 Å². The first-order valence-electron chi connectivity index (χ1n) is 6.73. The van der Waals surface area contributed by atoms with Crippen LogP contribution in [-0.4, -0.2) is 36.0 Å². The summed E-state index contributed by atoms with van der Waals surface area (Å²) in [4.78, 5) is 14.2. The molecule has 1 N–H and O–H groups in total. The van der Waals surface area contributed by atoms with E-state index >= 15 is 0 Å². The van der Waals surface area contributed by atoms with Crippen molar-refractivity contribution in [2.75, 3.05) is 7.05 Å². The fourth-order valence-corrected chi connectivity index (χ4v) is 3.23. The Morgan fingerprint density at radius 1 is 1.32 bits per heavy atom. The molecule has 0 spiro atoms. The molecule has 0 radical (unpaired) electrons. The van der Waals surface area contributed by atoms with Crippen LogP contribution >= 0.6 is 12.4 Å². The van der Waals surface area contributed by atoms with E-state index in [9.17, 15) is 4.79 Å². The van der Waals surface area contributed by atoms with Crippen LogP contribution in [0.4, 0.5) is 0 Å². The molecule has 106 valence electrons. The van der Waals surface area contributed by atoms with Gasteiger partial charge in [-0.2, -0.15) is 0 Å². The van der Waals surface area contributed by atoms with E-state index in [4.69, 9.17) is 4.42 Å². The Morgan fingerprint density at radius 2 is 1.95 bits per heavy atom. The van der Waals surface area contributed by atoms with Crippen molar-refractivity contribution in [3.8, 4) is 0 Å². The van der Waals surface area contributed by atoms with Crippen LogP contribution in [0.5, 0.6) is 0 Å². The predicted molar refractivity (Wildman–Crippen MR) is 75.8 cm³/mol. The second-order valence-electron chi connectivity index (χ2n) is 5.59. The quantitative estimate of drug-likeness (QED) is 0.907. The van der Waals surface area contributed by atoms with Crippen molar-refractivity contribution < 1.29 is 9.21 Å². The number of hydrogen-bond donors (Lipinski definition) is 1. The van der Waals surface area contributed by atoms with Crippen molar-refractivity contribution in [1.82, 2.24) is 10.2 Å². The summed E-state index contributed by atoms with van der Waals surface area (Å²) in [7, 11) is 1.90. The van der Waals surface area contributed by atoms with Gasteiger partial charge in [0.25, 0.3) is 5.91 Å². The molecule has 2 unspecified atom stereocenters. The summed E-state index contributed by atoms with van der Waals surface area (Å²) in [5.74, 6) is 1.26. The van der Waals surface area contributed by atoms with Gasteiger partial charge in [0.15, 0.2) is 5.76 Å². The topological polar surface area (TPSA) is 45.5 Å². The average molecular weight is 285 g/mol. The maximum Gasteiger partial charge on any atom is 0.289 e. The van der Waals surface area contributed by atoms with E-state index < -0.39 is 0 Å². The number of furan rings is 1. The van der Waals surface area contributed by atoms with Crippen LogP contribution in [0, 0.1) is 6.92 Å². The zero-order valence-corrected chi connectivity index (χ0v) is 12.2. The lowest BCUT2D eigenvalue weighted by Gasteiger charge is -2.35. The summed E-state index contributed by atoms with van der Waals surface area (Å²) in [6, 6.07) is 5.16. The van der Waals surface area contributed by atoms with Crippen molar-refractivity contribution in [1.29, 1.82) is 0 Å². The van der Waals surface area contributed by atoms with Gasteiger partial charge in [-0.25, -0.2) is 0 Å². The SMILES string of the molecule is Cc1ccc(C(=O)N(C)C2CC3CCC(C2)N3)o1.Cl. The molecule has 4 nitrogen and oxygen atoms in total. The number of nitrogens with zero attached hydrogens (tertiary/aromatic N) is 1. The molecule has 1 aromatic heterocycles. The highest BCUT2D eigenvalue weighted by Gasteiger charge is 2.36. The third kappa shape index (κ3) is 2.79. The van der Waals surface area contributed by atoms with Crippen molar-refractivity contribution in [3.63, 3.8) is 0 Å². The average Bonchev–Trinajstić information content (AvgIpc) is 2.94. The van der Waals surface area contributed by atoms with E-state index in [-0.39, 0.29) is 18.3 Å². The van der Waals surface area contributed by atoms with Crippen molar-refractivity contribution >= 4 is 18.3 Å². The van der Waals surface area contributed by atoms with E-state index in [1.165, 1.54) is 12.8 Å². The van der Waals surface area contributed by atoms with Crippen LogP contribution in [0.15, 0.2) is 16.5 Å². The van der Waals surface area contributed by atoms with Crippen molar-refractivity contribution in [3.05, 3.63) is 23.7 Å². The Labute approximate surface area is 119 Å². The van der Waals surface area contributed by atoms with Gasteiger partial charge in [0.05, 0.1) is 0 Å². The van der Waals surface area contributed by atoms with Crippen LogP contribution in [-0.2, 0) is 0 Å². The van der Waals surface area contributed by atoms with Gasteiger partial charge in [-0.05, 0) is 44.7 Å². The molecule has 5 heteroatoms. The van der Waals surface area contributed by atoms with Crippen LogP contribution in [0.25, 0.3) is 0 Å². The number of fused-ring (bicyclic) bond motifs is 2. The number of halogens is 1. The van der Waals surface area contributed by atoms with Crippen LogP contribution in [0.3, 0.4) is 0 Å². The Balaban J connectivity index is 0.00000133. The first-order chi connectivity index (χ1) is 8.63. The first-order valence-corrected chi connectivity index (χ1v) is 6.73. The number of carbonyl (C=O) groups excluding carboxylic acids is 1. The van der Waals surface area contributed by atoms with Gasteiger partial charge < -0.3 is 14.6 Å². The van der Waals surface area contributed by atoms with E-state index in [2.05, 4.69) is 5.32 Å². The fraction of sp³-hybridized carbons (Fsp3) is 0.643. The number of carbonyl (C=O) groups is 1. The molecular weight excluding hydrogens is 264 g/mol. The zero-order valence-electron chi connectivity index (χ0n) is 11.4. The number of aryl methyl sites for hydroxylation is 1. The molecule has 19 heavy (non-hydrogen) atoms. The molecule has 2 aliphatic rings. The fourth-order valence-electron chi connectivity index (χ4n) is 3.23. The second-order valence-corrected chi connectivity index (χ2v) is 5.59.